The Kier molecular flexibility index (Phi) is 2.17. The molecule has 0 heterocycles. The summed E-state index contributed by atoms with van der Waals surface area (Å²) in [4.78, 5) is 0. The third-order valence-corrected chi connectivity index (χ3v) is 3.54. The van der Waals surface area contributed by atoms with Crippen LogP contribution in [0.5, 0.6) is 0 Å². The molecule has 2 fully saturated rings. The quantitative estimate of drug-likeness (QED) is 0.614. The first-order valence-electron chi connectivity index (χ1n) is 5.06. The molecule has 0 bridgehead atoms. The van der Waals surface area contributed by atoms with E-state index in [1.54, 1.807) is 0 Å². The van der Waals surface area contributed by atoms with Crippen molar-refractivity contribution in [3.05, 3.63) is 0 Å². The van der Waals surface area contributed by atoms with E-state index in [0.717, 1.165) is 12.3 Å². The zero-order valence-corrected chi connectivity index (χ0v) is 7.13. The second kappa shape index (κ2) is 3.14. The SMILES string of the molecule is O[C@H]1CCC[C@H]1C1CCCC1. The van der Waals surface area contributed by atoms with Crippen LogP contribution in [0, 0.1) is 11.8 Å². The van der Waals surface area contributed by atoms with Gasteiger partial charge in [-0.2, -0.15) is 0 Å². The predicted molar refractivity (Wildman–Crippen MR) is 45.3 cm³/mol. The molecule has 2 aliphatic carbocycles. The summed E-state index contributed by atoms with van der Waals surface area (Å²) < 4.78 is 0. The highest BCUT2D eigenvalue weighted by molar-refractivity contribution is 4.84. The maximum atomic E-state index is 9.65. The van der Waals surface area contributed by atoms with Crippen molar-refractivity contribution in [2.75, 3.05) is 0 Å². The lowest BCUT2D eigenvalue weighted by atomic mass is 9.88. The molecule has 1 nitrogen and oxygen atoms in total. The van der Waals surface area contributed by atoms with Gasteiger partial charge in [-0.3, -0.25) is 0 Å². The van der Waals surface area contributed by atoms with Crippen LogP contribution in [-0.2, 0) is 0 Å². The summed E-state index contributed by atoms with van der Waals surface area (Å²) >= 11 is 0. The van der Waals surface area contributed by atoms with Crippen LogP contribution in [0.3, 0.4) is 0 Å². The van der Waals surface area contributed by atoms with Gasteiger partial charge in [0.15, 0.2) is 0 Å². The number of hydrogen-bond donors (Lipinski definition) is 1. The van der Waals surface area contributed by atoms with Crippen LogP contribution in [0.4, 0.5) is 0 Å². The lowest BCUT2D eigenvalue weighted by Gasteiger charge is -2.21. The van der Waals surface area contributed by atoms with E-state index in [1.165, 1.54) is 38.5 Å². The Bertz CT molecular complexity index is 127. The van der Waals surface area contributed by atoms with Crippen molar-refractivity contribution in [3.8, 4) is 0 Å². The van der Waals surface area contributed by atoms with Crippen LogP contribution in [0.2, 0.25) is 0 Å². The van der Waals surface area contributed by atoms with Crippen molar-refractivity contribution < 1.29 is 5.11 Å². The molecule has 2 aliphatic rings. The second-order valence-electron chi connectivity index (χ2n) is 4.21. The highest BCUT2D eigenvalue weighted by Crippen LogP contribution is 2.40. The topological polar surface area (TPSA) is 20.2 Å². The Morgan fingerprint density at radius 3 is 2.09 bits per heavy atom. The van der Waals surface area contributed by atoms with Gasteiger partial charge < -0.3 is 5.11 Å². The Hall–Kier alpha value is -0.0400. The van der Waals surface area contributed by atoms with Crippen molar-refractivity contribution in [2.45, 2.75) is 51.0 Å². The molecule has 11 heavy (non-hydrogen) atoms. The molecular formula is C10H18O. The number of hydrogen-bond acceptors (Lipinski definition) is 1. The highest BCUT2D eigenvalue weighted by Gasteiger charge is 2.33. The van der Waals surface area contributed by atoms with Crippen molar-refractivity contribution in [1.29, 1.82) is 0 Å². The molecule has 0 unspecified atom stereocenters. The normalized spacial score (nSPS) is 40.1. The monoisotopic (exact) mass is 154 g/mol. The molecule has 2 rings (SSSR count). The first kappa shape index (κ1) is 7.60. The van der Waals surface area contributed by atoms with Crippen molar-refractivity contribution in [2.24, 2.45) is 11.8 Å². The Balaban J connectivity index is 1.92. The summed E-state index contributed by atoms with van der Waals surface area (Å²) in [5.74, 6) is 1.56. The minimum Gasteiger partial charge on any atom is -0.393 e. The molecule has 1 N–H and O–H groups in total. The van der Waals surface area contributed by atoms with Crippen LogP contribution in [0.1, 0.15) is 44.9 Å². The summed E-state index contributed by atoms with van der Waals surface area (Å²) in [5, 5.41) is 9.65. The van der Waals surface area contributed by atoms with Crippen LogP contribution < -0.4 is 0 Å². The maximum Gasteiger partial charge on any atom is 0.0571 e. The van der Waals surface area contributed by atoms with Gasteiger partial charge in [0, 0.05) is 0 Å². The smallest absolute Gasteiger partial charge is 0.0571 e. The van der Waals surface area contributed by atoms with Crippen LogP contribution in [0.15, 0.2) is 0 Å². The van der Waals surface area contributed by atoms with Gasteiger partial charge in [0.25, 0.3) is 0 Å². The third-order valence-electron chi connectivity index (χ3n) is 3.54. The minimum atomic E-state index is 0.0538. The standard InChI is InChI=1S/C10H18O/c11-10-7-3-6-9(10)8-4-1-2-5-8/h8-11H,1-7H2/t9-,10-/m0/s1. The first-order valence-corrected chi connectivity index (χ1v) is 5.06. The fourth-order valence-corrected chi connectivity index (χ4v) is 2.90. The molecule has 0 radical (unpaired) electrons. The molecule has 64 valence electrons. The van der Waals surface area contributed by atoms with Gasteiger partial charge >= 0.3 is 0 Å². The fraction of sp³-hybridized carbons (Fsp3) is 1.00. The van der Waals surface area contributed by atoms with Gasteiger partial charge in [-0.15, -0.1) is 0 Å². The molecule has 0 aromatic rings. The molecular weight excluding hydrogens is 136 g/mol. The molecule has 0 aromatic carbocycles. The average molecular weight is 154 g/mol. The number of aliphatic hydroxyl groups excluding tert-OH is 1. The van der Waals surface area contributed by atoms with E-state index in [0.29, 0.717) is 5.92 Å². The van der Waals surface area contributed by atoms with E-state index in [9.17, 15) is 5.11 Å². The first-order chi connectivity index (χ1) is 5.38. The predicted octanol–water partition coefficient (Wildman–Crippen LogP) is 2.34. The third kappa shape index (κ3) is 1.44. The van der Waals surface area contributed by atoms with Crippen molar-refractivity contribution in [1.82, 2.24) is 0 Å². The summed E-state index contributed by atoms with van der Waals surface area (Å²) in [6, 6.07) is 0. The molecule has 0 amide bonds. The highest BCUT2D eigenvalue weighted by atomic mass is 16.3. The van der Waals surface area contributed by atoms with Crippen LogP contribution in [-0.4, -0.2) is 11.2 Å². The summed E-state index contributed by atoms with van der Waals surface area (Å²) in [5.41, 5.74) is 0. The van der Waals surface area contributed by atoms with E-state index in [1.807, 2.05) is 0 Å². The van der Waals surface area contributed by atoms with Gasteiger partial charge in [-0.1, -0.05) is 32.1 Å². The Labute approximate surface area is 68.8 Å². The van der Waals surface area contributed by atoms with E-state index in [-0.39, 0.29) is 6.10 Å². The van der Waals surface area contributed by atoms with Gasteiger partial charge in [-0.05, 0) is 24.7 Å². The zero-order valence-electron chi connectivity index (χ0n) is 7.13. The minimum absolute atomic E-state index is 0.0538. The van der Waals surface area contributed by atoms with Crippen molar-refractivity contribution in [3.63, 3.8) is 0 Å². The van der Waals surface area contributed by atoms with E-state index in [4.69, 9.17) is 0 Å². The van der Waals surface area contributed by atoms with Crippen molar-refractivity contribution >= 4 is 0 Å². The van der Waals surface area contributed by atoms with Gasteiger partial charge in [-0.25, -0.2) is 0 Å². The fourth-order valence-electron chi connectivity index (χ4n) is 2.90. The summed E-state index contributed by atoms with van der Waals surface area (Å²) in [6.45, 7) is 0. The van der Waals surface area contributed by atoms with E-state index >= 15 is 0 Å². The van der Waals surface area contributed by atoms with Crippen LogP contribution >= 0.6 is 0 Å². The molecule has 2 atom stereocenters. The molecule has 0 spiro atoms. The summed E-state index contributed by atoms with van der Waals surface area (Å²) in [6.07, 6.45) is 9.29. The van der Waals surface area contributed by atoms with Gasteiger partial charge in [0.1, 0.15) is 0 Å². The number of rotatable bonds is 1. The zero-order chi connectivity index (χ0) is 7.68. The molecule has 1 heteroatoms. The van der Waals surface area contributed by atoms with Gasteiger partial charge in [0.2, 0.25) is 0 Å². The largest absolute Gasteiger partial charge is 0.393 e. The lowest BCUT2D eigenvalue weighted by Crippen LogP contribution is -2.20. The average Bonchev–Trinajstić information content (AvgIpc) is 2.55. The Morgan fingerprint density at radius 2 is 1.55 bits per heavy atom. The van der Waals surface area contributed by atoms with E-state index in [2.05, 4.69) is 0 Å². The van der Waals surface area contributed by atoms with Gasteiger partial charge in [0.05, 0.1) is 6.10 Å². The lowest BCUT2D eigenvalue weighted by molar-refractivity contribution is 0.0994. The Morgan fingerprint density at radius 1 is 0.818 bits per heavy atom. The van der Waals surface area contributed by atoms with E-state index < -0.39 is 0 Å². The van der Waals surface area contributed by atoms with Crippen LogP contribution in [0.25, 0.3) is 0 Å². The number of aliphatic hydroxyl groups is 1. The second-order valence-corrected chi connectivity index (χ2v) is 4.21. The maximum absolute atomic E-state index is 9.65. The molecule has 2 saturated carbocycles. The molecule has 0 aliphatic heterocycles. The summed E-state index contributed by atoms with van der Waals surface area (Å²) in [7, 11) is 0. The molecule has 0 aromatic heterocycles. The molecule has 0 saturated heterocycles.